The SMILES string of the molecule is CC(O)CNCCNC(=O)C1CCCc2ccccc21. The van der Waals surface area contributed by atoms with Gasteiger partial charge in [-0.25, -0.2) is 0 Å². The summed E-state index contributed by atoms with van der Waals surface area (Å²) in [7, 11) is 0. The van der Waals surface area contributed by atoms with Crippen LogP contribution in [-0.2, 0) is 11.2 Å². The van der Waals surface area contributed by atoms with Gasteiger partial charge in [0.2, 0.25) is 5.91 Å². The molecule has 4 nitrogen and oxygen atoms in total. The highest BCUT2D eigenvalue weighted by atomic mass is 16.3. The molecule has 0 saturated heterocycles. The van der Waals surface area contributed by atoms with Crippen molar-refractivity contribution in [3.8, 4) is 0 Å². The fourth-order valence-electron chi connectivity index (χ4n) is 2.73. The van der Waals surface area contributed by atoms with Gasteiger partial charge in [-0.2, -0.15) is 0 Å². The van der Waals surface area contributed by atoms with E-state index in [9.17, 15) is 4.79 Å². The van der Waals surface area contributed by atoms with Crippen molar-refractivity contribution in [1.82, 2.24) is 10.6 Å². The van der Waals surface area contributed by atoms with E-state index < -0.39 is 0 Å². The maximum absolute atomic E-state index is 12.3. The summed E-state index contributed by atoms with van der Waals surface area (Å²) in [4.78, 5) is 12.3. The van der Waals surface area contributed by atoms with Crippen molar-refractivity contribution in [2.75, 3.05) is 19.6 Å². The molecule has 0 bridgehead atoms. The average Bonchev–Trinajstić information content (AvgIpc) is 2.45. The number of aliphatic hydroxyl groups is 1. The monoisotopic (exact) mass is 276 g/mol. The van der Waals surface area contributed by atoms with Crippen LogP contribution in [0.2, 0.25) is 0 Å². The Morgan fingerprint density at radius 1 is 1.40 bits per heavy atom. The minimum Gasteiger partial charge on any atom is -0.392 e. The Morgan fingerprint density at radius 2 is 2.20 bits per heavy atom. The van der Waals surface area contributed by atoms with E-state index in [2.05, 4.69) is 22.8 Å². The second-order valence-electron chi connectivity index (χ2n) is 5.49. The van der Waals surface area contributed by atoms with Crippen molar-refractivity contribution in [2.45, 2.75) is 38.2 Å². The van der Waals surface area contributed by atoms with Gasteiger partial charge in [0.05, 0.1) is 12.0 Å². The lowest BCUT2D eigenvalue weighted by Crippen LogP contribution is -2.37. The first-order chi connectivity index (χ1) is 9.68. The largest absolute Gasteiger partial charge is 0.392 e. The number of nitrogens with one attached hydrogen (secondary N) is 2. The van der Waals surface area contributed by atoms with Gasteiger partial charge in [-0.05, 0) is 37.3 Å². The Kier molecular flexibility index (Phi) is 5.56. The summed E-state index contributed by atoms with van der Waals surface area (Å²) in [6.07, 6.45) is 2.74. The lowest BCUT2D eigenvalue weighted by Gasteiger charge is -2.24. The highest BCUT2D eigenvalue weighted by Crippen LogP contribution is 2.31. The lowest BCUT2D eigenvalue weighted by atomic mass is 9.82. The van der Waals surface area contributed by atoms with Gasteiger partial charge in [0.15, 0.2) is 0 Å². The van der Waals surface area contributed by atoms with Gasteiger partial charge >= 0.3 is 0 Å². The van der Waals surface area contributed by atoms with Crippen LogP contribution in [0.3, 0.4) is 0 Å². The smallest absolute Gasteiger partial charge is 0.227 e. The van der Waals surface area contributed by atoms with Crippen LogP contribution in [-0.4, -0.2) is 36.8 Å². The number of hydrogen-bond acceptors (Lipinski definition) is 3. The third kappa shape index (κ3) is 4.05. The molecule has 1 amide bonds. The van der Waals surface area contributed by atoms with Crippen molar-refractivity contribution in [2.24, 2.45) is 0 Å². The lowest BCUT2D eigenvalue weighted by molar-refractivity contribution is -0.122. The summed E-state index contributed by atoms with van der Waals surface area (Å²) in [6, 6.07) is 8.25. The number of rotatable bonds is 6. The molecule has 2 rings (SSSR count). The summed E-state index contributed by atoms with van der Waals surface area (Å²) in [5, 5.41) is 15.2. The van der Waals surface area contributed by atoms with Gasteiger partial charge in [-0.3, -0.25) is 4.79 Å². The molecule has 0 heterocycles. The molecule has 0 radical (unpaired) electrons. The number of aliphatic hydroxyl groups excluding tert-OH is 1. The molecular formula is C16H24N2O2. The van der Waals surface area contributed by atoms with E-state index in [4.69, 9.17) is 5.11 Å². The molecule has 110 valence electrons. The third-order valence-corrected chi connectivity index (χ3v) is 3.73. The fraction of sp³-hybridized carbons (Fsp3) is 0.562. The van der Waals surface area contributed by atoms with Crippen LogP contribution in [0, 0.1) is 0 Å². The van der Waals surface area contributed by atoms with Crippen LogP contribution < -0.4 is 10.6 Å². The minimum absolute atomic E-state index is 0.00304. The molecule has 20 heavy (non-hydrogen) atoms. The van der Waals surface area contributed by atoms with E-state index in [1.165, 1.54) is 11.1 Å². The molecule has 0 fully saturated rings. The van der Waals surface area contributed by atoms with E-state index >= 15 is 0 Å². The Labute approximate surface area is 120 Å². The summed E-state index contributed by atoms with van der Waals surface area (Å²) >= 11 is 0. The first-order valence-corrected chi connectivity index (χ1v) is 7.43. The molecule has 2 atom stereocenters. The van der Waals surface area contributed by atoms with Gasteiger partial charge in [0.25, 0.3) is 0 Å². The highest BCUT2D eigenvalue weighted by molar-refractivity contribution is 5.84. The van der Waals surface area contributed by atoms with Crippen LogP contribution in [0.25, 0.3) is 0 Å². The molecule has 1 aromatic rings. The second kappa shape index (κ2) is 7.41. The number of benzene rings is 1. The summed E-state index contributed by atoms with van der Waals surface area (Å²) < 4.78 is 0. The molecule has 1 aliphatic rings. The standard InChI is InChI=1S/C16H24N2O2/c1-12(19)11-17-9-10-18-16(20)15-8-4-6-13-5-2-3-7-14(13)15/h2-3,5,7,12,15,17,19H,4,6,8-11H2,1H3,(H,18,20). The molecular weight excluding hydrogens is 252 g/mol. The second-order valence-corrected chi connectivity index (χ2v) is 5.49. The van der Waals surface area contributed by atoms with Crippen LogP contribution in [0.1, 0.15) is 36.8 Å². The van der Waals surface area contributed by atoms with Crippen molar-refractivity contribution in [1.29, 1.82) is 0 Å². The Bertz CT molecular complexity index is 446. The van der Waals surface area contributed by atoms with Crippen molar-refractivity contribution >= 4 is 5.91 Å². The summed E-state index contributed by atoms with van der Waals surface area (Å²) in [6.45, 7) is 3.59. The van der Waals surface area contributed by atoms with E-state index in [1.54, 1.807) is 6.92 Å². The number of hydrogen-bond donors (Lipinski definition) is 3. The predicted molar refractivity (Wildman–Crippen MR) is 79.7 cm³/mol. The molecule has 0 spiro atoms. The summed E-state index contributed by atoms with van der Waals surface area (Å²) in [5.41, 5.74) is 2.50. The molecule has 0 aromatic heterocycles. The van der Waals surface area contributed by atoms with Crippen molar-refractivity contribution in [3.05, 3.63) is 35.4 Å². The van der Waals surface area contributed by atoms with Gasteiger partial charge in [0, 0.05) is 19.6 Å². The zero-order valence-electron chi connectivity index (χ0n) is 12.1. The van der Waals surface area contributed by atoms with E-state index in [1.807, 2.05) is 12.1 Å². The Balaban J connectivity index is 1.82. The zero-order valence-corrected chi connectivity index (χ0v) is 12.1. The molecule has 0 saturated carbocycles. The van der Waals surface area contributed by atoms with E-state index in [0.29, 0.717) is 19.6 Å². The highest BCUT2D eigenvalue weighted by Gasteiger charge is 2.25. The first-order valence-electron chi connectivity index (χ1n) is 7.43. The third-order valence-electron chi connectivity index (χ3n) is 3.73. The average molecular weight is 276 g/mol. The molecule has 1 aromatic carbocycles. The molecule has 4 heteroatoms. The number of aryl methyl sites for hydroxylation is 1. The van der Waals surface area contributed by atoms with Gasteiger partial charge in [-0.1, -0.05) is 24.3 Å². The number of fused-ring (bicyclic) bond motifs is 1. The van der Waals surface area contributed by atoms with Crippen molar-refractivity contribution < 1.29 is 9.90 Å². The number of carbonyl (C=O) groups is 1. The fourth-order valence-corrected chi connectivity index (χ4v) is 2.73. The summed E-state index contributed by atoms with van der Waals surface area (Å²) in [5.74, 6) is 0.118. The quantitative estimate of drug-likeness (QED) is 0.684. The van der Waals surface area contributed by atoms with Gasteiger partial charge in [-0.15, -0.1) is 0 Å². The maximum Gasteiger partial charge on any atom is 0.227 e. The maximum atomic E-state index is 12.3. The van der Waals surface area contributed by atoms with Crippen LogP contribution in [0.5, 0.6) is 0 Å². The van der Waals surface area contributed by atoms with Crippen LogP contribution >= 0.6 is 0 Å². The Morgan fingerprint density at radius 3 is 3.00 bits per heavy atom. The minimum atomic E-state index is -0.351. The molecule has 3 N–H and O–H groups in total. The van der Waals surface area contributed by atoms with E-state index in [0.717, 1.165) is 19.3 Å². The Hall–Kier alpha value is -1.39. The van der Waals surface area contributed by atoms with Crippen molar-refractivity contribution in [3.63, 3.8) is 0 Å². The molecule has 0 aliphatic heterocycles. The van der Waals surface area contributed by atoms with Gasteiger partial charge in [0.1, 0.15) is 0 Å². The molecule has 2 unspecified atom stereocenters. The predicted octanol–water partition coefficient (Wildman–Crippen LogP) is 1.19. The topological polar surface area (TPSA) is 61.4 Å². The molecule has 1 aliphatic carbocycles. The normalized spacial score (nSPS) is 19.2. The zero-order chi connectivity index (χ0) is 14.4. The number of amides is 1. The van der Waals surface area contributed by atoms with E-state index in [-0.39, 0.29) is 17.9 Å². The van der Waals surface area contributed by atoms with Gasteiger partial charge < -0.3 is 15.7 Å². The van der Waals surface area contributed by atoms with Crippen LogP contribution in [0.15, 0.2) is 24.3 Å². The number of carbonyl (C=O) groups excluding carboxylic acids is 1. The van der Waals surface area contributed by atoms with Crippen LogP contribution in [0.4, 0.5) is 0 Å². The first kappa shape index (κ1) is 15.0.